The van der Waals surface area contributed by atoms with E-state index < -0.39 is 0 Å². The second-order valence-electron chi connectivity index (χ2n) is 4.49. The molecule has 1 unspecified atom stereocenters. The molecule has 4 heteroatoms. The third-order valence-electron chi connectivity index (χ3n) is 2.86. The standard InChI is InChI=1S/C14H20ClNO2/c1-11(18-3)10-16(2)9-8-14(17)12-4-6-13(15)7-5-12/h4-7,11H,8-10H2,1-3H3. The van der Waals surface area contributed by atoms with Crippen molar-refractivity contribution < 1.29 is 9.53 Å². The van der Waals surface area contributed by atoms with Gasteiger partial charge >= 0.3 is 0 Å². The molecule has 1 aromatic rings. The van der Waals surface area contributed by atoms with E-state index in [0.29, 0.717) is 17.0 Å². The van der Waals surface area contributed by atoms with E-state index in [9.17, 15) is 4.79 Å². The number of carbonyl (C=O) groups excluding carboxylic acids is 1. The van der Waals surface area contributed by atoms with E-state index in [1.165, 1.54) is 0 Å². The van der Waals surface area contributed by atoms with Gasteiger partial charge in [-0.1, -0.05) is 11.6 Å². The summed E-state index contributed by atoms with van der Waals surface area (Å²) >= 11 is 5.78. The molecule has 3 nitrogen and oxygen atoms in total. The van der Waals surface area contributed by atoms with Gasteiger partial charge in [0.05, 0.1) is 6.10 Å². The average molecular weight is 270 g/mol. The van der Waals surface area contributed by atoms with Crippen molar-refractivity contribution in [3.05, 3.63) is 34.9 Å². The van der Waals surface area contributed by atoms with Crippen molar-refractivity contribution in [2.45, 2.75) is 19.4 Å². The fraction of sp³-hybridized carbons (Fsp3) is 0.500. The zero-order chi connectivity index (χ0) is 13.5. The van der Waals surface area contributed by atoms with Gasteiger partial charge in [0.25, 0.3) is 0 Å². The fourth-order valence-electron chi connectivity index (χ4n) is 1.68. The third-order valence-corrected chi connectivity index (χ3v) is 3.11. The minimum absolute atomic E-state index is 0.142. The van der Waals surface area contributed by atoms with E-state index in [-0.39, 0.29) is 11.9 Å². The molecule has 0 aromatic heterocycles. The van der Waals surface area contributed by atoms with Crippen LogP contribution in [0.3, 0.4) is 0 Å². The molecule has 0 saturated heterocycles. The van der Waals surface area contributed by atoms with Gasteiger partial charge in [-0.3, -0.25) is 4.79 Å². The highest BCUT2D eigenvalue weighted by atomic mass is 35.5. The number of benzene rings is 1. The summed E-state index contributed by atoms with van der Waals surface area (Å²) in [7, 11) is 3.68. The van der Waals surface area contributed by atoms with Crippen LogP contribution in [0.2, 0.25) is 5.02 Å². The maximum absolute atomic E-state index is 11.9. The minimum Gasteiger partial charge on any atom is -0.380 e. The van der Waals surface area contributed by atoms with E-state index in [4.69, 9.17) is 16.3 Å². The predicted octanol–water partition coefficient (Wildman–Crippen LogP) is 2.88. The van der Waals surface area contributed by atoms with Crippen LogP contribution >= 0.6 is 11.6 Å². The summed E-state index contributed by atoms with van der Waals surface area (Å²) in [5, 5.41) is 0.651. The number of ketones is 1. The lowest BCUT2D eigenvalue weighted by atomic mass is 10.1. The number of likely N-dealkylation sites (N-methyl/N-ethyl adjacent to an activating group) is 1. The van der Waals surface area contributed by atoms with Crippen molar-refractivity contribution in [1.82, 2.24) is 4.90 Å². The SMILES string of the molecule is COC(C)CN(C)CCC(=O)c1ccc(Cl)cc1. The predicted molar refractivity (Wildman–Crippen MR) is 74.4 cm³/mol. The first-order valence-electron chi connectivity index (χ1n) is 6.03. The zero-order valence-corrected chi connectivity index (χ0v) is 11.9. The molecule has 0 bridgehead atoms. The Hall–Kier alpha value is -0.900. The molecule has 0 N–H and O–H groups in total. The second-order valence-corrected chi connectivity index (χ2v) is 4.93. The van der Waals surface area contributed by atoms with Crippen molar-refractivity contribution >= 4 is 17.4 Å². The number of ether oxygens (including phenoxy) is 1. The average Bonchev–Trinajstić information content (AvgIpc) is 2.36. The Labute approximate surface area is 114 Å². The summed E-state index contributed by atoms with van der Waals surface area (Å²) < 4.78 is 5.18. The minimum atomic E-state index is 0.142. The molecule has 1 aromatic carbocycles. The van der Waals surface area contributed by atoms with Gasteiger partial charge in [0.2, 0.25) is 0 Å². The van der Waals surface area contributed by atoms with Crippen molar-refractivity contribution in [1.29, 1.82) is 0 Å². The molecule has 100 valence electrons. The van der Waals surface area contributed by atoms with E-state index >= 15 is 0 Å². The fourth-order valence-corrected chi connectivity index (χ4v) is 1.80. The first kappa shape index (κ1) is 15.2. The topological polar surface area (TPSA) is 29.5 Å². The molecule has 0 amide bonds. The summed E-state index contributed by atoms with van der Waals surface area (Å²) in [5.74, 6) is 0.142. The number of nitrogens with zero attached hydrogens (tertiary/aromatic N) is 1. The lowest BCUT2D eigenvalue weighted by Gasteiger charge is -2.19. The molecule has 0 fully saturated rings. The van der Waals surface area contributed by atoms with Gasteiger partial charge in [0, 0.05) is 37.2 Å². The van der Waals surface area contributed by atoms with Gasteiger partial charge in [0.15, 0.2) is 5.78 Å². The van der Waals surface area contributed by atoms with Gasteiger partial charge in [-0.05, 0) is 38.2 Å². The number of rotatable bonds is 7. The van der Waals surface area contributed by atoms with Crippen LogP contribution in [-0.4, -0.2) is 44.0 Å². The van der Waals surface area contributed by atoms with Crippen LogP contribution in [-0.2, 0) is 4.74 Å². The molecular formula is C14H20ClNO2. The Morgan fingerprint density at radius 3 is 2.56 bits per heavy atom. The lowest BCUT2D eigenvalue weighted by molar-refractivity contribution is 0.0812. The molecule has 0 aliphatic heterocycles. The molecule has 0 spiro atoms. The van der Waals surface area contributed by atoms with Gasteiger partial charge in [-0.15, -0.1) is 0 Å². The molecule has 0 aliphatic rings. The Balaban J connectivity index is 2.39. The second kappa shape index (κ2) is 7.52. The third kappa shape index (κ3) is 5.17. The molecule has 0 aliphatic carbocycles. The molecule has 0 radical (unpaired) electrons. The highest BCUT2D eigenvalue weighted by Gasteiger charge is 2.09. The number of halogens is 1. The molecule has 0 heterocycles. The first-order valence-corrected chi connectivity index (χ1v) is 6.41. The van der Waals surface area contributed by atoms with Crippen LogP contribution < -0.4 is 0 Å². The number of hydrogen-bond donors (Lipinski definition) is 0. The number of Topliss-reactive ketones (excluding diaryl/α,β-unsaturated/α-hetero) is 1. The van der Waals surface area contributed by atoms with Crippen LogP contribution in [0.25, 0.3) is 0 Å². The van der Waals surface area contributed by atoms with Crippen molar-refractivity contribution in [2.24, 2.45) is 0 Å². The normalized spacial score (nSPS) is 12.7. The summed E-state index contributed by atoms with van der Waals surface area (Å²) in [6, 6.07) is 7.02. The quantitative estimate of drug-likeness (QED) is 0.713. The van der Waals surface area contributed by atoms with Gasteiger partial charge in [-0.2, -0.15) is 0 Å². The van der Waals surface area contributed by atoms with Crippen LogP contribution in [0.5, 0.6) is 0 Å². The maximum Gasteiger partial charge on any atom is 0.164 e. The zero-order valence-electron chi connectivity index (χ0n) is 11.1. The van der Waals surface area contributed by atoms with E-state index in [1.54, 1.807) is 31.4 Å². The summed E-state index contributed by atoms with van der Waals surface area (Å²) in [4.78, 5) is 14.0. The molecule has 1 atom stereocenters. The van der Waals surface area contributed by atoms with Crippen molar-refractivity contribution in [3.63, 3.8) is 0 Å². The molecule has 18 heavy (non-hydrogen) atoms. The van der Waals surface area contributed by atoms with Crippen LogP contribution in [0.1, 0.15) is 23.7 Å². The lowest BCUT2D eigenvalue weighted by Crippen LogP contribution is -2.30. The van der Waals surface area contributed by atoms with Gasteiger partial charge in [-0.25, -0.2) is 0 Å². The van der Waals surface area contributed by atoms with E-state index in [0.717, 1.165) is 13.1 Å². The van der Waals surface area contributed by atoms with Crippen LogP contribution in [0.15, 0.2) is 24.3 Å². The maximum atomic E-state index is 11.9. The van der Waals surface area contributed by atoms with Gasteiger partial charge < -0.3 is 9.64 Å². The van der Waals surface area contributed by atoms with Crippen molar-refractivity contribution in [2.75, 3.05) is 27.2 Å². The largest absolute Gasteiger partial charge is 0.380 e. The Morgan fingerprint density at radius 2 is 2.00 bits per heavy atom. The number of hydrogen-bond acceptors (Lipinski definition) is 3. The van der Waals surface area contributed by atoms with Gasteiger partial charge in [0.1, 0.15) is 0 Å². The van der Waals surface area contributed by atoms with Crippen LogP contribution in [0.4, 0.5) is 0 Å². The number of methoxy groups -OCH3 is 1. The monoisotopic (exact) mass is 269 g/mol. The van der Waals surface area contributed by atoms with Crippen LogP contribution in [0, 0.1) is 0 Å². The van der Waals surface area contributed by atoms with E-state index in [1.807, 2.05) is 14.0 Å². The first-order chi connectivity index (χ1) is 8.52. The smallest absolute Gasteiger partial charge is 0.164 e. The Bertz CT molecular complexity index is 378. The Morgan fingerprint density at radius 1 is 1.39 bits per heavy atom. The Kier molecular flexibility index (Phi) is 6.33. The molecular weight excluding hydrogens is 250 g/mol. The summed E-state index contributed by atoms with van der Waals surface area (Å²) in [6.45, 7) is 3.57. The highest BCUT2D eigenvalue weighted by molar-refractivity contribution is 6.30. The van der Waals surface area contributed by atoms with Crippen molar-refractivity contribution in [3.8, 4) is 0 Å². The highest BCUT2D eigenvalue weighted by Crippen LogP contribution is 2.11. The summed E-state index contributed by atoms with van der Waals surface area (Å²) in [6.07, 6.45) is 0.690. The number of carbonyl (C=O) groups is 1. The van der Waals surface area contributed by atoms with E-state index in [2.05, 4.69) is 4.90 Å². The molecule has 0 saturated carbocycles. The summed E-state index contributed by atoms with van der Waals surface area (Å²) in [5.41, 5.74) is 0.715. The molecule has 1 rings (SSSR count).